The summed E-state index contributed by atoms with van der Waals surface area (Å²) >= 11 is 12.0. The van der Waals surface area contributed by atoms with Crippen LogP contribution in [0.3, 0.4) is 0 Å². The first-order chi connectivity index (χ1) is 9.56. The molecule has 0 spiro atoms. The van der Waals surface area contributed by atoms with E-state index in [1.807, 2.05) is 30.3 Å². The van der Waals surface area contributed by atoms with Crippen LogP contribution in [0.1, 0.15) is 11.1 Å². The van der Waals surface area contributed by atoms with Crippen LogP contribution < -0.4 is 10.5 Å². The van der Waals surface area contributed by atoms with Crippen molar-refractivity contribution in [3.63, 3.8) is 0 Å². The molecule has 0 saturated carbocycles. The molecule has 2 nitrogen and oxygen atoms in total. The van der Waals surface area contributed by atoms with E-state index in [4.69, 9.17) is 33.7 Å². The molecule has 1 heterocycles. The molecule has 104 valence electrons. The fourth-order valence-corrected chi connectivity index (χ4v) is 2.93. The zero-order valence-corrected chi connectivity index (χ0v) is 12.4. The highest BCUT2D eigenvalue weighted by Gasteiger charge is 2.32. The van der Waals surface area contributed by atoms with Crippen molar-refractivity contribution in [2.45, 2.75) is 18.4 Å². The molecule has 3 rings (SSSR count). The van der Waals surface area contributed by atoms with E-state index < -0.39 is 5.54 Å². The van der Waals surface area contributed by atoms with E-state index in [0.717, 1.165) is 23.3 Å². The topological polar surface area (TPSA) is 35.2 Å². The van der Waals surface area contributed by atoms with E-state index in [1.165, 1.54) is 0 Å². The normalized spacial score (nSPS) is 21.1. The molecule has 2 aromatic carbocycles. The Morgan fingerprint density at radius 1 is 1.10 bits per heavy atom. The molecule has 0 bridgehead atoms. The van der Waals surface area contributed by atoms with Gasteiger partial charge in [-0.1, -0.05) is 47.5 Å². The average Bonchev–Trinajstić information content (AvgIpc) is 2.42. The minimum atomic E-state index is -0.411. The lowest BCUT2D eigenvalue weighted by Gasteiger charge is -2.34. The highest BCUT2D eigenvalue weighted by Crippen LogP contribution is 2.31. The number of fused-ring (bicyclic) bond motifs is 1. The van der Waals surface area contributed by atoms with Crippen LogP contribution in [0, 0.1) is 0 Å². The molecule has 0 saturated heterocycles. The molecule has 0 aliphatic carbocycles. The predicted molar refractivity (Wildman–Crippen MR) is 82.7 cm³/mol. The first-order valence-electron chi connectivity index (χ1n) is 6.49. The summed E-state index contributed by atoms with van der Waals surface area (Å²) in [6.45, 7) is 0.504. The third-order valence-electron chi connectivity index (χ3n) is 3.57. The lowest BCUT2D eigenvalue weighted by molar-refractivity contribution is 0.190. The fraction of sp³-hybridized carbons (Fsp3) is 0.250. The molecule has 1 unspecified atom stereocenters. The lowest BCUT2D eigenvalue weighted by Crippen LogP contribution is -2.51. The van der Waals surface area contributed by atoms with Gasteiger partial charge in [0.25, 0.3) is 0 Å². The first-order valence-corrected chi connectivity index (χ1v) is 7.25. The number of hydrogen-bond acceptors (Lipinski definition) is 2. The van der Waals surface area contributed by atoms with E-state index in [2.05, 4.69) is 6.07 Å². The summed E-state index contributed by atoms with van der Waals surface area (Å²) in [7, 11) is 0. The monoisotopic (exact) mass is 307 g/mol. The molecular formula is C16H15Cl2NO. The Hall–Kier alpha value is -1.22. The second-order valence-corrected chi connectivity index (χ2v) is 6.18. The van der Waals surface area contributed by atoms with Gasteiger partial charge < -0.3 is 10.5 Å². The van der Waals surface area contributed by atoms with Crippen molar-refractivity contribution >= 4 is 23.2 Å². The molecule has 2 N–H and O–H groups in total. The molecule has 1 atom stereocenters. The standard InChI is InChI=1S/C16H15Cl2NO/c17-13-6-5-11(7-14(13)18)8-16(19)9-12-3-1-2-4-15(12)20-10-16/h1-7H,8-10,19H2. The quantitative estimate of drug-likeness (QED) is 0.914. The Balaban J connectivity index is 1.82. The lowest BCUT2D eigenvalue weighted by atomic mass is 9.84. The highest BCUT2D eigenvalue weighted by molar-refractivity contribution is 6.42. The predicted octanol–water partition coefficient (Wildman–Crippen LogP) is 3.87. The summed E-state index contributed by atoms with van der Waals surface area (Å²) in [5.74, 6) is 0.933. The summed E-state index contributed by atoms with van der Waals surface area (Å²) in [5, 5.41) is 1.12. The van der Waals surface area contributed by atoms with Crippen molar-refractivity contribution in [2.24, 2.45) is 5.73 Å². The molecule has 4 heteroatoms. The van der Waals surface area contributed by atoms with Gasteiger partial charge in [-0.05, 0) is 42.2 Å². The molecule has 0 fully saturated rings. The van der Waals surface area contributed by atoms with Crippen molar-refractivity contribution in [1.29, 1.82) is 0 Å². The molecule has 0 radical (unpaired) electrons. The summed E-state index contributed by atoms with van der Waals surface area (Å²) in [6.07, 6.45) is 1.50. The Morgan fingerprint density at radius 3 is 2.70 bits per heavy atom. The second kappa shape index (κ2) is 5.28. The number of benzene rings is 2. The fourth-order valence-electron chi connectivity index (χ4n) is 2.61. The number of rotatable bonds is 2. The molecule has 1 aliphatic rings. The summed E-state index contributed by atoms with van der Waals surface area (Å²) in [6, 6.07) is 13.7. The average molecular weight is 308 g/mol. The highest BCUT2D eigenvalue weighted by atomic mass is 35.5. The van der Waals surface area contributed by atoms with Crippen LogP contribution in [0.5, 0.6) is 5.75 Å². The number of para-hydroxylation sites is 1. The zero-order valence-electron chi connectivity index (χ0n) is 10.9. The zero-order chi connectivity index (χ0) is 14.2. The van der Waals surface area contributed by atoms with Crippen molar-refractivity contribution in [3.05, 3.63) is 63.6 Å². The van der Waals surface area contributed by atoms with E-state index >= 15 is 0 Å². The minimum absolute atomic E-state index is 0.411. The van der Waals surface area contributed by atoms with Crippen molar-refractivity contribution in [1.82, 2.24) is 0 Å². The van der Waals surface area contributed by atoms with Gasteiger partial charge in [-0.2, -0.15) is 0 Å². The van der Waals surface area contributed by atoms with Gasteiger partial charge in [0.15, 0.2) is 0 Å². The summed E-state index contributed by atoms with van der Waals surface area (Å²) < 4.78 is 5.78. The first kappa shape index (κ1) is 13.7. The third-order valence-corrected chi connectivity index (χ3v) is 4.31. The van der Waals surface area contributed by atoms with Crippen molar-refractivity contribution in [2.75, 3.05) is 6.61 Å². The number of halogens is 2. The van der Waals surface area contributed by atoms with E-state index in [-0.39, 0.29) is 0 Å². The van der Waals surface area contributed by atoms with Gasteiger partial charge >= 0.3 is 0 Å². The summed E-state index contributed by atoms with van der Waals surface area (Å²) in [5.41, 5.74) is 8.31. The van der Waals surface area contributed by atoms with E-state index in [1.54, 1.807) is 6.07 Å². The van der Waals surface area contributed by atoms with Crippen LogP contribution in [-0.2, 0) is 12.8 Å². The second-order valence-electron chi connectivity index (χ2n) is 5.36. The van der Waals surface area contributed by atoms with E-state index in [0.29, 0.717) is 23.1 Å². The van der Waals surface area contributed by atoms with Crippen LogP contribution in [0.2, 0.25) is 10.0 Å². The minimum Gasteiger partial charge on any atom is -0.491 e. The van der Waals surface area contributed by atoms with Crippen molar-refractivity contribution < 1.29 is 4.74 Å². The Kier molecular flexibility index (Phi) is 3.63. The van der Waals surface area contributed by atoms with E-state index in [9.17, 15) is 0 Å². The molecule has 2 aromatic rings. The molecule has 0 aromatic heterocycles. The molecule has 20 heavy (non-hydrogen) atoms. The van der Waals surface area contributed by atoms with Gasteiger partial charge in [-0.3, -0.25) is 0 Å². The number of hydrogen-bond donors (Lipinski definition) is 1. The summed E-state index contributed by atoms with van der Waals surface area (Å²) in [4.78, 5) is 0. The van der Waals surface area contributed by atoms with Crippen molar-refractivity contribution in [3.8, 4) is 5.75 Å². The Labute approximate surface area is 128 Å². The van der Waals surface area contributed by atoms with Gasteiger partial charge in [0, 0.05) is 0 Å². The van der Waals surface area contributed by atoms with Gasteiger partial charge in [-0.25, -0.2) is 0 Å². The van der Waals surface area contributed by atoms with Crippen LogP contribution in [-0.4, -0.2) is 12.1 Å². The van der Waals surface area contributed by atoms with Gasteiger partial charge in [-0.15, -0.1) is 0 Å². The number of nitrogens with two attached hydrogens (primary N) is 1. The number of ether oxygens (including phenoxy) is 1. The SMILES string of the molecule is NC1(Cc2ccc(Cl)c(Cl)c2)COc2ccccc2C1. The Bertz CT molecular complexity index is 644. The maximum Gasteiger partial charge on any atom is 0.122 e. The van der Waals surface area contributed by atoms with Crippen LogP contribution >= 0.6 is 23.2 Å². The van der Waals surface area contributed by atoms with Crippen LogP contribution in [0.4, 0.5) is 0 Å². The maximum atomic E-state index is 6.49. The maximum absolute atomic E-state index is 6.49. The third kappa shape index (κ3) is 2.78. The Morgan fingerprint density at radius 2 is 1.90 bits per heavy atom. The van der Waals surface area contributed by atoms with Gasteiger partial charge in [0.05, 0.1) is 15.6 Å². The van der Waals surface area contributed by atoms with Gasteiger partial charge in [0.1, 0.15) is 12.4 Å². The van der Waals surface area contributed by atoms with Gasteiger partial charge in [0.2, 0.25) is 0 Å². The largest absolute Gasteiger partial charge is 0.491 e. The van der Waals surface area contributed by atoms with Crippen LogP contribution in [0.25, 0.3) is 0 Å². The molecule has 0 amide bonds. The van der Waals surface area contributed by atoms with Crippen LogP contribution in [0.15, 0.2) is 42.5 Å². The smallest absolute Gasteiger partial charge is 0.122 e. The molecule has 1 aliphatic heterocycles. The molecular weight excluding hydrogens is 293 g/mol.